The standard InChI is InChI=1S/C12H12Cl2N2/c13-11-4-3-9(6-12(11)14)7-15-8-10-2-1-5-16-10/h3-4,6-7H,1-2,5,8H2. The molecule has 0 N–H and O–H groups in total. The second-order valence-corrected chi connectivity index (χ2v) is 4.51. The number of benzene rings is 1. The molecule has 1 aliphatic heterocycles. The molecule has 1 aromatic rings. The first kappa shape index (κ1) is 11.6. The number of rotatable bonds is 3. The van der Waals surface area contributed by atoms with Crippen molar-refractivity contribution in [3.05, 3.63) is 33.8 Å². The molecular formula is C12H12Cl2N2. The summed E-state index contributed by atoms with van der Waals surface area (Å²) in [7, 11) is 0. The van der Waals surface area contributed by atoms with Crippen molar-refractivity contribution in [1.29, 1.82) is 0 Å². The Balaban J connectivity index is 1.97. The first-order chi connectivity index (χ1) is 7.75. The average Bonchev–Trinajstić information content (AvgIpc) is 2.76. The fourth-order valence-electron chi connectivity index (χ4n) is 1.58. The van der Waals surface area contributed by atoms with E-state index in [-0.39, 0.29) is 0 Å². The van der Waals surface area contributed by atoms with Crippen molar-refractivity contribution in [3.8, 4) is 0 Å². The first-order valence-corrected chi connectivity index (χ1v) is 5.98. The molecule has 4 heteroatoms. The molecule has 2 nitrogen and oxygen atoms in total. The number of nitrogens with zero attached hydrogens (tertiary/aromatic N) is 2. The van der Waals surface area contributed by atoms with Crippen molar-refractivity contribution < 1.29 is 0 Å². The Morgan fingerprint density at radius 3 is 2.88 bits per heavy atom. The van der Waals surface area contributed by atoms with Gasteiger partial charge in [-0.05, 0) is 30.5 Å². The molecule has 0 radical (unpaired) electrons. The SMILES string of the molecule is Clc1ccc(C=NCC2=NCCC2)cc1Cl. The summed E-state index contributed by atoms with van der Waals surface area (Å²) in [5.41, 5.74) is 2.16. The van der Waals surface area contributed by atoms with Gasteiger partial charge in [0.15, 0.2) is 0 Å². The van der Waals surface area contributed by atoms with Gasteiger partial charge in [0.2, 0.25) is 0 Å². The molecule has 2 rings (SSSR count). The fourth-order valence-corrected chi connectivity index (χ4v) is 1.88. The molecule has 0 fully saturated rings. The summed E-state index contributed by atoms with van der Waals surface area (Å²) in [6.45, 7) is 1.65. The summed E-state index contributed by atoms with van der Waals surface area (Å²) < 4.78 is 0. The van der Waals surface area contributed by atoms with Crippen LogP contribution in [0, 0.1) is 0 Å². The van der Waals surface area contributed by atoms with Crippen LogP contribution < -0.4 is 0 Å². The maximum Gasteiger partial charge on any atom is 0.0768 e. The topological polar surface area (TPSA) is 24.7 Å². The number of aliphatic imine (C=N–C) groups is 2. The summed E-state index contributed by atoms with van der Waals surface area (Å²) in [6.07, 6.45) is 4.05. The van der Waals surface area contributed by atoms with Crippen LogP contribution in [-0.4, -0.2) is 25.0 Å². The fraction of sp³-hybridized carbons (Fsp3) is 0.333. The van der Waals surface area contributed by atoms with E-state index in [1.54, 1.807) is 6.07 Å². The van der Waals surface area contributed by atoms with E-state index in [0.717, 1.165) is 24.9 Å². The molecule has 0 atom stereocenters. The largest absolute Gasteiger partial charge is 0.292 e. The lowest BCUT2D eigenvalue weighted by molar-refractivity contribution is 0.949. The molecule has 0 saturated heterocycles. The predicted molar refractivity (Wildman–Crippen MR) is 70.5 cm³/mol. The molecule has 16 heavy (non-hydrogen) atoms. The van der Waals surface area contributed by atoms with E-state index in [9.17, 15) is 0 Å². The summed E-state index contributed by atoms with van der Waals surface area (Å²) in [6, 6.07) is 5.48. The highest BCUT2D eigenvalue weighted by Gasteiger charge is 2.04. The van der Waals surface area contributed by atoms with Crippen LogP contribution in [0.5, 0.6) is 0 Å². The second-order valence-electron chi connectivity index (χ2n) is 3.69. The third-order valence-electron chi connectivity index (χ3n) is 2.42. The second kappa shape index (κ2) is 5.46. The zero-order valence-corrected chi connectivity index (χ0v) is 10.3. The summed E-state index contributed by atoms with van der Waals surface area (Å²) >= 11 is 11.7. The Kier molecular flexibility index (Phi) is 3.97. The highest BCUT2D eigenvalue weighted by Crippen LogP contribution is 2.21. The van der Waals surface area contributed by atoms with Crippen molar-refractivity contribution in [2.75, 3.05) is 13.1 Å². The molecule has 0 aliphatic carbocycles. The summed E-state index contributed by atoms with van der Waals surface area (Å²) in [5.74, 6) is 0. The van der Waals surface area contributed by atoms with E-state index in [1.807, 2.05) is 18.3 Å². The van der Waals surface area contributed by atoms with Gasteiger partial charge in [-0.25, -0.2) is 0 Å². The maximum absolute atomic E-state index is 5.90. The van der Waals surface area contributed by atoms with Gasteiger partial charge in [0, 0.05) is 18.5 Å². The summed E-state index contributed by atoms with van der Waals surface area (Å²) in [5, 5.41) is 1.13. The van der Waals surface area contributed by atoms with Gasteiger partial charge in [-0.15, -0.1) is 0 Å². The molecular weight excluding hydrogens is 243 g/mol. The van der Waals surface area contributed by atoms with Crippen molar-refractivity contribution in [1.82, 2.24) is 0 Å². The molecule has 0 amide bonds. The summed E-state index contributed by atoms with van der Waals surface area (Å²) in [4.78, 5) is 8.69. The molecule has 1 aromatic carbocycles. The Bertz CT molecular complexity index is 439. The molecule has 0 bridgehead atoms. The Labute approximate surface area is 105 Å². The smallest absolute Gasteiger partial charge is 0.0768 e. The number of halogens is 2. The van der Waals surface area contributed by atoms with E-state index in [2.05, 4.69) is 9.98 Å². The highest BCUT2D eigenvalue weighted by atomic mass is 35.5. The highest BCUT2D eigenvalue weighted by molar-refractivity contribution is 6.42. The monoisotopic (exact) mass is 254 g/mol. The first-order valence-electron chi connectivity index (χ1n) is 5.23. The van der Waals surface area contributed by atoms with Crippen LogP contribution in [0.2, 0.25) is 10.0 Å². The lowest BCUT2D eigenvalue weighted by Gasteiger charge is -1.97. The van der Waals surface area contributed by atoms with Crippen LogP contribution in [0.25, 0.3) is 0 Å². The van der Waals surface area contributed by atoms with Crippen LogP contribution in [0.1, 0.15) is 18.4 Å². The van der Waals surface area contributed by atoms with E-state index < -0.39 is 0 Å². The number of hydrogen-bond donors (Lipinski definition) is 0. The lowest BCUT2D eigenvalue weighted by atomic mass is 10.2. The van der Waals surface area contributed by atoms with Crippen LogP contribution in [0.3, 0.4) is 0 Å². The maximum atomic E-state index is 5.90. The molecule has 1 aliphatic rings. The molecule has 84 valence electrons. The quantitative estimate of drug-likeness (QED) is 0.736. The Hall–Kier alpha value is -0.860. The van der Waals surface area contributed by atoms with E-state index in [1.165, 1.54) is 5.71 Å². The molecule has 0 unspecified atom stereocenters. The van der Waals surface area contributed by atoms with Crippen molar-refractivity contribution in [2.24, 2.45) is 9.98 Å². The van der Waals surface area contributed by atoms with Crippen molar-refractivity contribution >= 4 is 35.1 Å². The van der Waals surface area contributed by atoms with Gasteiger partial charge < -0.3 is 0 Å². The third kappa shape index (κ3) is 3.06. The third-order valence-corrected chi connectivity index (χ3v) is 3.16. The van der Waals surface area contributed by atoms with Gasteiger partial charge in [-0.2, -0.15) is 0 Å². The van der Waals surface area contributed by atoms with Crippen LogP contribution >= 0.6 is 23.2 Å². The van der Waals surface area contributed by atoms with Gasteiger partial charge in [0.25, 0.3) is 0 Å². The Morgan fingerprint density at radius 1 is 1.31 bits per heavy atom. The van der Waals surface area contributed by atoms with E-state index >= 15 is 0 Å². The van der Waals surface area contributed by atoms with Gasteiger partial charge in [-0.3, -0.25) is 9.98 Å². The van der Waals surface area contributed by atoms with Crippen LogP contribution in [-0.2, 0) is 0 Å². The van der Waals surface area contributed by atoms with Gasteiger partial charge in [0.05, 0.1) is 16.6 Å². The number of hydrogen-bond acceptors (Lipinski definition) is 2. The normalized spacial score (nSPS) is 15.8. The van der Waals surface area contributed by atoms with Crippen LogP contribution in [0.4, 0.5) is 0 Å². The molecule has 0 saturated carbocycles. The Morgan fingerprint density at radius 2 is 2.19 bits per heavy atom. The minimum absolute atomic E-state index is 0.559. The molecule has 0 aromatic heterocycles. The van der Waals surface area contributed by atoms with Gasteiger partial charge in [0.1, 0.15) is 0 Å². The zero-order chi connectivity index (χ0) is 11.4. The molecule has 0 spiro atoms. The van der Waals surface area contributed by atoms with Gasteiger partial charge >= 0.3 is 0 Å². The minimum Gasteiger partial charge on any atom is -0.292 e. The zero-order valence-electron chi connectivity index (χ0n) is 8.79. The van der Waals surface area contributed by atoms with E-state index in [4.69, 9.17) is 23.2 Å². The van der Waals surface area contributed by atoms with E-state index in [0.29, 0.717) is 16.6 Å². The van der Waals surface area contributed by atoms with Crippen molar-refractivity contribution in [3.63, 3.8) is 0 Å². The van der Waals surface area contributed by atoms with Crippen molar-refractivity contribution in [2.45, 2.75) is 12.8 Å². The molecule has 1 heterocycles. The minimum atomic E-state index is 0.559. The predicted octanol–water partition coefficient (Wildman–Crippen LogP) is 3.65. The average molecular weight is 255 g/mol. The lowest BCUT2D eigenvalue weighted by Crippen LogP contribution is -1.98. The van der Waals surface area contributed by atoms with Gasteiger partial charge in [-0.1, -0.05) is 29.3 Å². The van der Waals surface area contributed by atoms with Crippen LogP contribution in [0.15, 0.2) is 28.2 Å².